The van der Waals surface area contributed by atoms with Crippen LogP contribution in [-0.4, -0.2) is 33.8 Å². The minimum atomic E-state index is -0.163. The summed E-state index contributed by atoms with van der Waals surface area (Å²) in [6, 6.07) is 5.23. The Bertz CT molecular complexity index is 252. The summed E-state index contributed by atoms with van der Waals surface area (Å²) in [6.07, 6.45) is 0. The van der Waals surface area contributed by atoms with E-state index in [1.807, 2.05) is 6.07 Å². The van der Waals surface area contributed by atoms with Gasteiger partial charge in [0.05, 0.1) is 0 Å². The Kier molecular flexibility index (Phi) is 2.80. The number of phenolic OH excluding ortho intramolecular Hbond substituents is 1. The van der Waals surface area contributed by atoms with Gasteiger partial charge in [-0.2, -0.15) is 0 Å². The van der Waals surface area contributed by atoms with Gasteiger partial charge in [0.1, 0.15) is 0 Å². The van der Waals surface area contributed by atoms with Gasteiger partial charge in [-0.15, -0.1) is 0 Å². The number of anilines is 1. The predicted octanol–water partition coefficient (Wildman–Crippen LogP) is -0.988. The van der Waals surface area contributed by atoms with Crippen LogP contribution < -0.4 is 9.67 Å². The van der Waals surface area contributed by atoms with Gasteiger partial charge in [0.25, 0.3) is 0 Å². The van der Waals surface area contributed by atoms with Crippen LogP contribution in [0.3, 0.4) is 0 Å². The Morgan fingerprint density at radius 3 is 2.82 bits per heavy atom. The number of hydrogen-bond acceptors (Lipinski definition) is 3. The van der Waals surface area contributed by atoms with Gasteiger partial charge in [0, 0.05) is 0 Å². The van der Waals surface area contributed by atoms with Crippen LogP contribution in [0, 0.1) is 0 Å². The van der Waals surface area contributed by atoms with Gasteiger partial charge in [-0.3, -0.25) is 0 Å². The van der Waals surface area contributed by atoms with Crippen LogP contribution in [0.1, 0.15) is 0 Å². The summed E-state index contributed by atoms with van der Waals surface area (Å²) in [4.78, 5) is 0. The quantitative estimate of drug-likeness (QED) is 0.337. The van der Waals surface area contributed by atoms with Crippen molar-refractivity contribution in [2.75, 3.05) is 12.0 Å². The molecule has 0 heterocycles. The van der Waals surface area contributed by atoms with Crippen molar-refractivity contribution < 1.29 is 10.2 Å². The Morgan fingerprint density at radius 2 is 2.18 bits per heavy atom. The van der Waals surface area contributed by atoms with Gasteiger partial charge in [0.15, 0.2) is 0 Å². The summed E-state index contributed by atoms with van der Waals surface area (Å²) in [5.74, 6) is 0.167. The van der Waals surface area contributed by atoms with Gasteiger partial charge in [-0.1, -0.05) is 0 Å². The van der Waals surface area contributed by atoms with Crippen molar-refractivity contribution >= 4 is 26.9 Å². The van der Waals surface area contributed by atoms with Crippen LogP contribution in [0.15, 0.2) is 18.2 Å². The molecule has 0 amide bonds. The maximum absolute atomic E-state index is 9.20. The Labute approximate surface area is 73.6 Å². The number of benzene rings is 1. The molecule has 1 unspecified atom stereocenters. The molecule has 0 fully saturated rings. The molecule has 0 aromatic heterocycles. The minimum absolute atomic E-state index is 0.163. The molecule has 0 aliphatic rings. The van der Waals surface area contributed by atoms with Crippen LogP contribution >= 0.6 is 0 Å². The first kappa shape index (κ1) is 8.44. The summed E-state index contributed by atoms with van der Waals surface area (Å²) in [5, 5.41) is 20.3. The van der Waals surface area contributed by atoms with E-state index in [1.165, 1.54) is 16.9 Å². The van der Waals surface area contributed by atoms with Crippen LogP contribution in [0.5, 0.6) is 5.75 Å². The third kappa shape index (κ3) is 2.14. The van der Waals surface area contributed by atoms with E-state index in [2.05, 4.69) is 5.32 Å². The van der Waals surface area contributed by atoms with Crippen molar-refractivity contribution in [1.82, 2.24) is 0 Å². The Morgan fingerprint density at radius 1 is 1.45 bits per heavy atom. The second kappa shape index (κ2) is 3.65. The molecule has 0 saturated carbocycles. The third-order valence-corrected chi connectivity index (χ3v) is 2.04. The molecule has 3 nitrogen and oxygen atoms in total. The van der Waals surface area contributed by atoms with Crippen LogP contribution in [0.4, 0.5) is 5.69 Å². The molecular formula is C7H10AsNO2. The molecule has 0 radical (unpaired) electrons. The number of phenols is 1. The first-order valence-electron chi connectivity index (χ1n) is 3.17. The average molecular weight is 215 g/mol. The molecule has 1 aromatic carbocycles. The normalized spacial score (nSPS) is 9.64. The van der Waals surface area contributed by atoms with Crippen molar-refractivity contribution in [1.29, 1.82) is 0 Å². The number of aliphatic hydroxyl groups is 1. The van der Waals surface area contributed by atoms with E-state index < -0.39 is 0 Å². The first-order valence-corrected chi connectivity index (χ1v) is 4.38. The second-order valence-electron chi connectivity index (χ2n) is 2.11. The van der Waals surface area contributed by atoms with Crippen LogP contribution in [0.25, 0.3) is 0 Å². The van der Waals surface area contributed by atoms with Crippen molar-refractivity contribution in [2.24, 2.45) is 0 Å². The van der Waals surface area contributed by atoms with Gasteiger partial charge >= 0.3 is 73.1 Å². The van der Waals surface area contributed by atoms with Gasteiger partial charge in [-0.25, -0.2) is 0 Å². The van der Waals surface area contributed by atoms with Gasteiger partial charge in [-0.05, 0) is 0 Å². The van der Waals surface area contributed by atoms with Crippen molar-refractivity contribution in [3.8, 4) is 5.75 Å². The van der Waals surface area contributed by atoms with E-state index in [1.54, 1.807) is 12.1 Å². The van der Waals surface area contributed by atoms with Gasteiger partial charge < -0.3 is 0 Å². The molecule has 1 atom stereocenters. The molecule has 0 saturated heterocycles. The van der Waals surface area contributed by atoms with Gasteiger partial charge in [0.2, 0.25) is 0 Å². The molecule has 0 bridgehead atoms. The zero-order valence-corrected chi connectivity index (χ0v) is 8.33. The second-order valence-corrected chi connectivity index (χ2v) is 3.51. The monoisotopic (exact) mass is 215 g/mol. The predicted molar refractivity (Wildman–Crippen MR) is 47.0 cm³/mol. The Hall–Kier alpha value is -0.662. The summed E-state index contributed by atoms with van der Waals surface area (Å²) < 4.78 is 1.10. The number of nitrogens with one attached hydrogen (secondary N) is 1. The zero-order chi connectivity index (χ0) is 8.27. The fraction of sp³-hybridized carbons (Fsp3) is 0.143. The molecule has 0 aliphatic carbocycles. The number of rotatable bonds is 2. The van der Waals surface area contributed by atoms with E-state index in [0.717, 1.165) is 4.35 Å². The fourth-order valence-corrected chi connectivity index (χ4v) is 1.33. The average Bonchev–Trinajstić information content (AvgIpc) is 1.98. The van der Waals surface area contributed by atoms with Crippen LogP contribution in [-0.2, 0) is 0 Å². The molecule has 60 valence electrons. The first-order chi connectivity index (χ1) is 5.24. The SMILES string of the molecule is OCNc1cc([AsH2])ccc1O. The number of aliphatic hydroxyl groups excluding tert-OH is 1. The van der Waals surface area contributed by atoms with Crippen LogP contribution in [0.2, 0.25) is 0 Å². The van der Waals surface area contributed by atoms with Crippen molar-refractivity contribution in [3.05, 3.63) is 18.2 Å². The summed E-state index contributed by atoms with van der Waals surface area (Å²) in [7, 11) is 0. The number of hydrogen-bond donors (Lipinski definition) is 3. The molecule has 0 spiro atoms. The van der Waals surface area contributed by atoms with E-state index in [9.17, 15) is 5.11 Å². The molecule has 1 aromatic rings. The van der Waals surface area contributed by atoms with E-state index in [-0.39, 0.29) is 12.5 Å². The Balaban J connectivity index is 2.93. The molecule has 1 rings (SSSR count). The number of aromatic hydroxyl groups is 1. The fourth-order valence-electron chi connectivity index (χ4n) is 0.780. The van der Waals surface area contributed by atoms with Crippen molar-refractivity contribution in [3.63, 3.8) is 0 Å². The maximum atomic E-state index is 9.20. The third-order valence-electron chi connectivity index (χ3n) is 1.29. The van der Waals surface area contributed by atoms with Crippen molar-refractivity contribution in [2.45, 2.75) is 0 Å². The summed E-state index contributed by atoms with van der Waals surface area (Å²) in [5.41, 5.74) is 0.578. The molecule has 11 heavy (non-hydrogen) atoms. The zero-order valence-electron chi connectivity index (χ0n) is 5.91. The summed E-state index contributed by atoms with van der Waals surface area (Å²) in [6.45, 7) is -0.163. The molecular weight excluding hydrogens is 205 g/mol. The molecule has 4 heteroatoms. The van der Waals surface area contributed by atoms with E-state index in [0.29, 0.717) is 5.69 Å². The van der Waals surface area contributed by atoms with E-state index >= 15 is 0 Å². The topological polar surface area (TPSA) is 52.5 Å². The standard InChI is InChI=1S/C7H10AsNO2/c8-5-1-2-7(11)6(3-5)9-4-10/h1-3,9-11H,4,8H2. The molecule has 0 aliphatic heterocycles. The molecule has 3 N–H and O–H groups in total. The van der Waals surface area contributed by atoms with E-state index in [4.69, 9.17) is 5.11 Å². The summed E-state index contributed by atoms with van der Waals surface area (Å²) >= 11 is 1.48.